The minimum absolute atomic E-state index is 0.0583. The third kappa shape index (κ3) is 6.62. The number of rotatable bonds is 10. The predicted octanol–water partition coefficient (Wildman–Crippen LogP) is 2.39. The van der Waals surface area contributed by atoms with E-state index in [-0.39, 0.29) is 36.5 Å². The van der Waals surface area contributed by atoms with Crippen molar-refractivity contribution in [2.45, 2.75) is 44.8 Å². The van der Waals surface area contributed by atoms with Gasteiger partial charge in [-0.2, -0.15) is 5.26 Å². The normalized spacial score (nSPS) is 16.3. The summed E-state index contributed by atoms with van der Waals surface area (Å²) in [4.78, 5) is 47.5. The summed E-state index contributed by atoms with van der Waals surface area (Å²) >= 11 is 0. The molecular formula is C26H31N7O5. The van der Waals surface area contributed by atoms with Gasteiger partial charge in [-0.3, -0.25) is 19.8 Å². The van der Waals surface area contributed by atoms with Crippen LogP contribution in [0, 0.1) is 11.3 Å². The first-order chi connectivity index (χ1) is 18.5. The number of carbonyl (C=O) groups excluding carboxylic acids is 3. The van der Waals surface area contributed by atoms with E-state index in [1.54, 1.807) is 13.2 Å². The fourth-order valence-corrected chi connectivity index (χ4v) is 4.50. The maximum atomic E-state index is 13.2. The van der Waals surface area contributed by atoms with E-state index in [4.69, 9.17) is 9.47 Å². The van der Waals surface area contributed by atoms with Gasteiger partial charge < -0.3 is 20.1 Å². The Morgan fingerprint density at radius 3 is 2.95 bits per heavy atom. The van der Waals surface area contributed by atoms with E-state index >= 15 is 0 Å². The lowest BCUT2D eigenvalue weighted by Gasteiger charge is -2.29. The van der Waals surface area contributed by atoms with Crippen LogP contribution in [0.15, 0.2) is 18.3 Å². The van der Waals surface area contributed by atoms with E-state index in [9.17, 15) is 19.6 Å². The summed E-state index contributed by atoms with van der Waals surface area (Å²) in [5.74, 6) is 0.526. The lowest BCUT2D eigenvalue weighted by atomic mass is 10.0. The molecule has 2 aromatic heterocycles. The number of aryl methyl sites for hydroxylation is 1. The van der Waals surface area contributed by atoms with Crippen LogP contribution in [-0.4, -0.2) is 67.7 Å². The molecule has 2 aliphatic heterocycles. The molecule has 0 saturated carbocycles. The van der Waals surface area contributed by atoms with Crippen molar-refractivity contribution in [3.05, 3.63) is 40.7 Å². The maximum Gasteiger partial charge on any atom is 0.328 e. The van der Waals surface area contributed by atoms with Gasteiger partial charge in [-0.1, -0.05) is 0 Å². The van der Waals surface area contributed by atoms with Gasteiger partial charge >= 0.3 is 6.03 Å². The van der Waals surface area contributed by atoms with Gasteiger partial charge in [0, 0.05) is 51.2 Å². The highest BCUT2D eigenvalue weighted by atomic mass is 16.5. The molecule has 0 aromatic carbocycles. The van der Waals surface area contributed by atoms with Crippen LogP contribution in [0.2, 0.25) is 0 Å². The lowest BCUT2D eigenvalue weighted by molar-refractivity contribution is -0.123. The maximum absolute atomic E-state index is 13.2. The van der Waals surface area contributed by atoms with Crippen LogP contribution < -0.4 is 20.9 Å². The monoisotopic (exact) mass is 521 g/mol. The largest absolute Gasteiger partial charge is 0.383 e. The molecule has 0 bridgehead atoms. The molecule has 1 unspecified atom stereocenters. The molecule has 1 atom stereocenters. The molecule has 3 amide bonds. The fraction of sp³-hybridized carbons (Fsp3) is 0.462. The number of amides is 3. The Labute approximate surface area is 220 Å². The number of nitriles is 1. The Morgan fingerprint density at radius 1 is 1.34 bits per heavy atom. The number of ether oxygens (including phenoxy) is 2. The SMILES string of the molecule is COCCNc1cc(NC(=O)N2CCCc3cc(CNC(=O)CC4CCCO4)c(C=O)nc32)ncc1C#N. The van der Waals surface area contributed by atoms with Crippen LogP contribution in [0.25, 0.3) is 0 Å². The minimum atomic E-state index is -0.451. The molecule has 3 N–H and O–H groups in total. The van der Waals surface area contributed by atoms with Crippen molar-refractivity contribution < 1.29 is 23.9 Å². The molecule has 0 spiro atoms. The molecular weight excluding hydrogens is 490 g/mol. The molecule has 200 valence electrons. The standard InChI is InChI=1S/C26H31N7O5/c1-37-9-6-28-21-12-23(29-15-19(21)13-27)32-26(36)33-7-2-4-17-10-18(22(16-34)31-25(17)33)14-30-24(35)11-20-5-3-8-38-20/h10,12,15-16,20H,2-9,11,14H2,1H3,(H,30,35)(H2,28,29,32,36). The Bertz CT molecular complexity index is 1220. The number of aromatic nitrogens is 2. The zero-order chi connectivity index (χ0) is 26.9. The third-order valence-corrected chi connectivity index (χ3v) is 6.43. The van der Waals surface area contributed by atoms with Gasteiger partial charge in [0.05, 0.1) is 30.4 Å². The van der Waals surface area contributed by atoms with E-state index in [0.29, 0.717) is 68.1 Å². The molecule has 0 aliphatic carbocycles. The van der Waals surface area contributed by atoms with Crippen LogP contribution in [-0.2, 0) is 27.2 Å². The second kappa shape index (κ2) is 12.9. The smallest absolute Gasteiger partial charge is 0.328 e. The van der Waals surface area contributed by atoms with E-state index in [1.165, 1.54) is 11.1 Å². The van der Waals surface area contributed by atoms with Crippen molar-refractivity contribution in [3.8, 4) is 6.07 Å². The summed E-state index contributed by atoms with van der Waals surface area (Å²) in [5.41, 5.74) is 2.45. The number of fused-ring (bicyclic) bond motifs is 1. The van der Waals surface area contributed by atoms with Crippen molar-refractivity contribution in [2.24, 2.45) is 0 Å². The number of carbonyl (C=O) groups is 3. The van der Waals surface area contributed by atoms with Crippen molar-refractivity contribution >= 4 is 35.5 Å². The highest BCUT2D eigenvalue weighted by Crippen LogP contribution is 2.28. The van der Waals surface area contributed by atoms with Crippen LogP contribution in [0.4, 0.5) is 22.1 Å². The van der Waals surface area contributed by atoms with Gasteiger partial charge in [0.2, 0.25) is 5.91 Å². The lowest BCUT2D eigenvalue weighted by Crippen LogP contribution is -2.40. The van der Waals surface area contributed by atoms with Crippen molar-refractivity contribution in [1.29, 1.82) is 5.26 Å². The number of pyridine rings is 2. The number of urea groups is 1. The van der Waals surface area contributed by atoms with Gasteiger partial charge in [-0.15, -0.1) is 0 Å². The number of aldehydes is 1. The summed E-state index contributed by atoms with van der Waals surface area (Å²) in [5, 5.41) is 18.0. The first-order valence-electron chi connectivity index (χ1n) is 12.6. The quantitative estimate of drug-likeness (QED) is 0.315. The molecule has 1 saturated heterocycles. The molecule has 0 radical (unpaired) electrons. The van der Waals surface area contributed by atoms with E-state index < -0.39 is 6.03 Å². The molecule has 2 aromatic rings. The Hall–Kier alpha value is -4.08. The molecule has 12 heteroatoms. The van der Waals surface area contributed by atoms with Gasteiger partial charge in [0.1, 0.15) is 23.4 Å². The van der Waals surface area contributed by atoms with Crippen LogP contribution in [0.1, 0.15) is 52.9 Å². The van der Waals surface area contributed by atoms with Crippen LogP contribution >= 0.6 is 0 Å². The van der Waals surface area contributed by atoms with Gasteiger partial charge in [0.15, 0.2) is 6.29 Å². The fourth-order valence-electron chi connectivity index (χ4n) is 4.50. The molecule has 1 fully saturated rings. The summed E-state index contributed by atoms with van der Waals surface area (Å²) < 4.78 is 10.5. The van der Waals surface area contributed by atoms with Crippen LogP contribution in [0.3, 0.4) is 0 Å². The average molecular weight is 522 g/mol. The Kier molecular flexibility index (Phi) is 9.18. The van der Waals surface area contributed by atoms with Gasteiger partial charge in [-0.05, 0) is 37.3 Å². The highest BCUT2D eigenvalue weighted by Gasteiger charge is 2.27. The van der Waals surface area contributed by atoms with Gasteiger partial charge in [0.25, 0.3) is 0 Å². The molecule has 2 aliphatic rings. The second-order valence-electron chi connectivity index (χ2n) is 9.08. The summed E-state index contributed by atoms with van der Waals surface area (Å²) in [6.07, 6.45) is 5.47. The summed E-state index contributed by atoms with van der Waals surface area (Å²) in [6.45, 7) is 2.19. The molecule has 4 rings (SSSR count). The first-order valence-corrected chi connectivity index (χ1v) is 12.6. The topological polar surface area (TPSA) is 159 Å². The van der Waals surface area contributed by atoms with Crippen molar-refractivity contribution in [1.82, 2.24) is 15.3 Å². The number of hydrogen-bond acceptors (Lipinski definition) is 9. The number of nitrogens with zero attached hydrogens (tertiary/aromatic N) is 4. The highest BCUT2D eigenvalue weighted by molar-refractivity contribution is 6.01. The first kappa shape index (κ1) is 27.0. The zero-order valence-corrected chi connectivity index (χ0v) is 21.3. The summed E-state index contributed by atoms with van der Waals surface area (Å²) in [6, 6.07) is 5.03. The predicted molar refractivity (Wildman–Crippen MR) is 139 cm³/mol. The Balaban J connectivity index is 1.46. The molecule has 4 heterocycles. The van der Waals surface area contributed by atoms with Crippen molar-refractivity contribution in [3.63, 3.8) is 0 Å². The Morgan fingerprint density at radius 2 is 2.21 bits per heavy atom. The molecule has 12 nitrogen and oxygen atoms in total. The van der Waals surface area contributed by atoms with E-state index in [2.05, 4.69) is 32.0 Å². The number of hydrogen-bond donors (Lipinski definition) is 3. The van der Waals surface area contributed by atoms with E-state index in [1.807, 2.05) is 6.07 Å². The van der Waals surface area contributed by atoms with Crippen LogP contribution in [0.5, 0.6) is 0 Å². The number of anilines is 3. The third-order valence-electron chi connectivity index (χ3n) is 6.43. The molecule has 38 heavy (non-hydrogen) atoms. The van der Waals surface area contributed by atoms with Gasteiger partial charge in [-0.25, -0.2) is 14.8 Å². The minimum Gasteiger partial charge on any atom is -0.383 e. The number of nitrogens with one attached hydrogen (secondary N) is 3. The second-order valence-corrected chi connectivity index (χ2v) is 9.08. The van der Waals surface area contributed by atoms with Crippen molar-refractivity contribution in [2.75, 3.05) is 48.9 Å². The zero-order valence-electron chi connectivity index (χ0n) is 21.3. The summed E-state index contributed by atoms with van der Waals surface area (Å²) in [7, 11) is 1.58. The number of methoxy groups -OCH3 is 1. The average Bonchev–Trinajstić information content (AvgIpc) is 3.44. The van der Waals surface area contributed by atoms with E-state index in [0.717, 1.165) is 18.4 Å².